The highest BCUT2D eigenvalue weighted by Crippen LogP contribution is 2.43. The van der Waals surface area contributed by atoms with Crippen molar-refractivity contribution in [1.29, 1.82) is 0 Å². The van der Waals surface area contributed by atoms with Crippen molar-refractivity contribution >= 4 is 19.8 Å². The van der Waals surface area contributed by atoms with Crippen LogP contribution in [-0.2, 0) is 32.7 Å². The maximum atomic E-state index is 12.6. The maximum Gasteiger partial charge on any atom is 0.472 e. The number of phosphoric acid groups is 1. The second-order valence-electron chi connectivity index (χ2n) is 15.0. The SMILES string of the molecule is CCCCCCCCCCC/C=C/C/C=C/CCCC(=O)OC[C@@H](COP(=O)(O)OCC[N+](C)(C)C)OC(=O)CCCCCCCCCCCC. The Morgan fingerprint density at radius 1 is 0.608 bits per heavy atom. The first-order valence-electron chi connectivity index (χ1n) is 20.6. The molecule has 0 radical (unpaired) electrons. The summed E-state index contributed by atoms with van der Waals surface area (Å²) in [5, 5.41) is 0. The molecule has 51 heavy (non-hydrogen) atoms. The van der Waals surface area contributed by atoms with E-state index in [-0.39, 0.29) is 26.1 Å². The number of likely N-dealkylation sites (N-methyl/N-ethyl adjacent to an activating group) is 1. The molecule has 0 saturated carbocycles. The van der Waals surface area contributed by atoms with E-state index in [9.17, 15) is 19.0 Å². The van der Waals surface area contributed by atoms with Gasteiger partial charge >= 0.3 is 19.8 Å². The molecular weight excluding hydrogens is 665 g/mol. The van der Waals surface area contributed by atoms with Crippen LogP contribution in [0.4, 0.5) is 0 Å². The number of hydrogen-bond donors (Lipinski definition) is 1. The summed E-state index contributed by atoms with van der Waals surface area (Å²) in [5.41, 5.74) is 0. The van der Waals surface area contributed by atoms with Gasteiger partial charge in [-0.15, -0.1) is 0 Å². The second kappa shape index (κ2) is 34.3. The zero-order chi connectivity index (χ0) is 37.9. The van der Waals surface area contributed by atoms with Crippen molar-refractivity contribution in [2.24, 2.45) is 0 Å². The van der Waals surface area contributed by atoms with Crippen LogP contribution in [-0.4, -0.2) is 74.9 Å². The van der Waals surface area contributed by atoms with Gasteiger partial charge in [0, 0.05) is 12.8 Å². The third-order valence-electron chi connectivity index (χ3n) is 8.73. The predicted molar refractivity (Wildman–Crippen MR) is 211 cm³/mol. The molecule has 1 N–H and O–H groups in total. The summed E-state index contributed by atoms with van der Waals surface area (Å²) < 4.78 is 34.1. The fourth-order valence-corrected chi connectivity index (χ4v) is 6.21. The van der Waals surface area contributed by atoms with Gasteiger partial charge in [-0.25, -0.2) is 4.57 Å². The molecule has 0 aromatic heterocycles. The minimum atomic E-state index is -4.37. The van der Waals surface area contributed by atoms with E-state index in [2.05, 4.69) is 38.2 Å². The van der Waals surface area contributed by atoms with Crippen molar-refractivity contribution in [3.8, 4) is 0 Å². The number of unbranched alkanes of at least 4 members (excludes halogenated alkanes) is 19. The Bertz CT molecular complexity index is 933. The van der Waals surface area contributed by atoms with Crippen LogP contribution in [0.15, 0.2) is 24.3 Å². The van der Waals surface area contributed by atoms with Crippen LogP contribution in [0.2, 0.25) is 0 Å². The van der Waals surface area contributed by atoms with Crippen LogP contribution in [0, 0.1) is 0 Å². The highest BCUT2D eigenvalue weighted by Gasteiger charge is 2.27. The van der Waals surface area contributed by atoms with Crippen LogP contribution in [0.1, 0.15) is 174 Å². The van der Waals surface area contributed by atoms with Crippen molar-refractivity contribution in [3.63, 3.8) is 0 Å². The normalized spacial score (nSPS) is 13.9. The van der Waals surface area contributed by atoms with Gasteiger partial charge in [0.1, 0.15) is 19.8 Å². The molecule has 9 nitrogen and oxygen atoms in total. The molecule has 0 aromatic carbocycles. The molecular formula is C41H79NO8P+. The molecule has 0 spiro atoms. The third kappa shape index (κ3) is 38.0. The van der Waals surface area contributed by atoms with Crippen molar-refractivity contribution in [1.82, 2.24) is 0 Å². The molecule has 0 rings (SSSR count). The molecule has 0 aromatic rings. The summed E-state index contributed by atoms with van der Waals surface area (Å²) in [7, 11) is 1.46. The first-order chi connectivity index (χ1) is 24.5. The third-order valence-corrected chi connectivity index (χ3v) is 9.72. The largest absolute Gasteiger partial charge is 0.472 e. The Hall–Kier alpha value is -1.51. The molecule has 0 aliphatic heterocycles. The predicted octanol–water partition coefficient (Wildman–Crippen LogP) is 11.2. The van der Waals surface area contributed by atoms with Gasteiger partial charge < -0.3 is 18.9 Å². The van der Waals surface area contributed by atoms with Crippen molar-refractivity contribution in [2.75, 3.05) is 47.5 Å². The summed E-state index contributed by atoms with van der Waals surface area (Å²) in [6.45, 7) is 4.36. The quantitative estimate of drug-likeness (QED) is 0.0220. The van der Waals surface area contributed by atoms with E-state index in [1.54, 1.807) is 0 Å². The Balaban J connectivity index is 4.41. The average Bonchev–Trinajstić information content (AvgIpc) is 3.07. The van der Waals surface area contributed by atoms with E-state index in [0.29, 0.717) is 23.9 Å². The molecule has 0 aliphatic carbocycles. The van der Waals surface area contributed by atoms with Crippen LogP contribution in [0.5, 0.6) is 0 Å². The highest BCUT2D eigenvalue weighted by atomic mass is 31.2. The molecule has 300 valence electrons. The zero-order valence-electron chi connectivity index (χ0n) is 33.6. The first-order valence-corrected chi connectivity index (χ1v) is 22.1. The lowest BCUT2D eigenvalue weighted by atomic mass is 10.1. The van der Waals surface area contributed by atoms with Crippen LogP contribution >= 0.6 is 7.82 Å². The summed E-state index contributed by atoms with van der Waals surface area (Å²) in [6, 6.07) is 0. The van der Waals surface area contributed by atoms with Gasteiger partial charge in [0.2, 0.25) is 0 Å². The standard InChI is InChI=1S/C41H78NO8P/c1-6-8-10-12-14-16-18-19-20-21-22-23-24-26-27-29-31-33-40(43)47-37-39(38-49-51(45,46)48-36-35-42(3,4)5)50-41(44)34-32-30-28-25-17-15-13-11-9-7-2/h22-23,26-27,39H,6-21,24-25,28-38H2,1-5H3/p+1/b23-22+,27-26+/t39-/m0/s1. The molecule has 0 fully saturated rings. The fraction of sp³-hybridized carbons (Fsp3) is 0.854. The van der Waals surface area contributed by atoms with Gasteiger partial charge in [-0.2, -0.15) is 0 Å². The molecule has 0 amide bonds. The van der Waals surface area contributed by atoms with E-state index in [1.807, 2.05) is 21.1 Å². The second-order valence-corrected chi connectivity index (χ2v) is 16.5. The summed E-state index contributed by atoms with van der Waals surface area (Å²) in [6.07, 6.45) is 35.2. The molecule has 0 bridgehead atoms. The molecule has 0 heterocycles. The van der Waals surface area contributed by atoms with E-state index in [4.69, 9.17) is 18.5 Å². The number of allylic oxidation sites excluding steroid dienone is 4. The molecule has 2 atom stereocenters. The summed E-state index contributed by atoms with van der Waals surface area (Å²) in [5.74, 6) is -0.850. The minimum Gasteiger partial charge on any atom is -0.462 e. The lowest BCUT2D eigenvalue weighted by molar-refractivity contribution is -0.870. The molecule has 0 aliphatic rings. The van der Waals surface area contributed by atoms with Crippen molar-refractivity contribution in [2.45, 2.75) is 180 Å². The number of phosphoric ester groups is 1. The molecule has 10 heteroatoms. The van der Waals surface area contributed by atoms with E-state index in [0.717, 1.165) is 32.1 Å². The number of nitrogens with zero attached hydrogens (tertiary/aromatic N) is 1. The molecule has 0 saturated heterocycles. The van der Waals surface area contributed by atoms with Gasteiger partial charge in [0.15, 0.2) is 6.10 Å². The smallest absolute Gasteiger partial charge is 0.462 e. The molecule has 1 unspecified atom stereocenters. The van der Waals surface area contributed by atoms with Crippen molar-refractivity contribution < 1.29 is 42.1 Å². The van der Waals surface area contributed by atoms with E-state index in [1.165, 1.54) is 103 Å². The lowest BCUT2D eigenvalue weighted by Crippen LogP contribution is -2.37. The van der Waals surface area contributed by atoms with Gasteiger partial charge in [0.25, 0.3) is 0 Å². The Morgan fingerprint density at radius 3 is 1.61 bits per heavy atom. The average molecular weight is 745 g/mol. The number of hydrogen-bond acceptors (Lipinski definition) is 7. The minimum absolute atomic E-state index is 0.0273. The van der Waals surface area contributed by atoms with Crippen molar-refractivity contribution in [3.05, 3.63) is 24.3 Å². The van der Waals surface area contributed by atoms with E-state index < -0.39 is 32.5 Å². The van der Waals surface area contributed by atoms with Crippen LogP contribution < -0.4 is 0 Å². The maximum absolute atomic E-state index is 12.6. The Morgan fingerprint density at radius 2 is 1.08 bits per heavy atom. The van der Waals surface area contributed by atoms with Crippen LogP contribution in [0.25, 0.3) is 0 Å². The van der Waals surface area contributed by atoms with E-state index >= 15 is 0 Å². The van der Waals surface area contributed by atoms with Gasteiger partial charge in [-0.1, -0.05) is 147 Å². The number of quaternary nitrogens is 1. The zero-order valence-corrected chi connectivity index (χ0v) is 34.5. The number of ether oxygens (including phenoxy) is 2. The first kappa shape index (κ1) is 49.5. The number of esters is 2. The van der Waals surface area contributed by atoms with Gasteiger partial charge in [0.05, 0.1) is 27.7 Å². The van der Waals surface area contributed by atoms with Crippen LogP contribution in [0.3, 0.4) is 0 Å². The highest BCUT2D eigenvalue weighted by molar-refractivity contribution is 7.47. The number of carbonyl (C=O) groups excluding carboxylic acids is 2. The lowest BCUT2D eigenvalue weighted by Gasteiger charge is -2.24. The Kier molecular flexibility index (Phi) is 33.3. The fourth-order valence-electron chi connectivity index (χ4n) is 5.46. The van der Waals surface area contributed by atoms with Gasteiger partial charge in [-0.3, -0.25) is 18.6 Å². The number of rotatable bonds is 37. The Labute approximate surface area is 313 Å². The van der Waals surface area contributed by atoms with Gasteiger partial charge in [-0.05, 0) is 38.5 Å². The topological polar surface area (TPSA) is 108 Å². The summed E-state index contributed by atoms with van der Waals surface area (Å²) in [4.78, 5) is 35.2. The summed E-state index contributed by atoms with van der Waals surface area (Å²) >= 11 is 0. The number of carbonyl (C=O) groups is 2. The monoisotopic (exact) mass is 745 g/mol.